The van der Waals surface area contributed by atoms with E-state index in [1.165, 1.54) is 17.0 Å². The highest BCUT2D eigenvalue weighted by atomic mass is 19.4. The number of anilines is 2. The number of nitrogens with zero attached hydrogens (tertiary/aromatic N) is 5. The molecule has 0 spiro atoms. The number of benzene rings is 1. The molecule has 1 aliphatic heterocycles. The van der Waals surface area contributed by atoms with Crippen LogP contribution in [0.5, 0.6) is 0 Å². The van der Waals surface area contributed by atoms with Crippen LogP contribution in [-0.4, -0.2) is 32.2 Å². The molecular weight excluding hydrogens is 421 g/mol. The second-order valence-corrected chi connectivity index (χ2v) is 7.86. The average molecular weight is 444 g/mol. The van der Waals surface area contributed by atoms with Gasteiger partial charge in [-0.3, -0.25) is 9.69 Å². The van der Waals surface area contributed by atoms with Gasteiger partial charge in [0.25, 0.3) is 5.91 Å². The molecule has 1 atom stereocenters. The third-order valence-electron chi connectivity index (χ3n) is 5.60. The Bertz CT molecular complexity index is 1160. The molecule has 0 saturated carbocycles. The zero-order valence-electron chi connectivity index (χ0n) is 17.9. The number of alkyl halides is 3. The molecule has 3 heterocycles. The zero-order valence-corrected chi connectivity index (χ0v) is 17.9. The monoisotopic (exact) mass is 444 g/mol. The molecular formula is C22H23F3N6O. The van der Waals surface area contributed by atoms with Gasteiger partial charge in [0, 0.05) is 25.6 Å². The molecule has 0 fully saturated rings. The van der Waals surface area contributed by atoms with E-state index in [9.17, 15) is 18.0 Å². The van der Waals surface area contributed by atoms with Crippen molar-refractivity contribution in [1.82, 2.24) is 19.7 Å². The number of hydrogen-bond donors (Lipinski definition) is 1. The lowest BCUT2D eigenvalue weighted by atomic mass is 9.98. The lowest BCUT2D eigenvalue weighted by molar-refractivity contribution is -0.138. The van der Waals surface area contributed by atoms with Crippen molar-refractivity contribution in [3.63, 3.8) is 0 Å². The van der Waals surface area contributed by atoms with Crippen LogP contribution in [0, 0.1) is 0 Å². The highest BCUT2D eigenvalue weighted by Gasteiger charge is 2.40. The summed E-state index contributed by atoms with van der Waals surface area (Å²) >= 11 is 0. The van der Waals surface area contributed by atoms with Crippen molar-refractivity contribution in [2.24, 2.45) is 7.05 Å². The maximum atomic E-state index is 13.5. The first-order valence-corrected chi connectivity index (χ1v) is 10.3. The largest absolute Gasteiger partial charge is 0.416 e. The topological polar surface area (TPSA) is 75.9 Å². The van der Waals surface area contributed by atoms with Crippen LogP contribution in [0.3, 0.4) is 0 Å². The summed E-state index contributed by atoms with van der Waals surface area (Å²) in [6.45, 7) is 4.37. The van der Waals surface area contributed by atoms with Crippen molar-refractivity contribution in [2.75, 3.05) is 16.8 Å². The van der Waals surface area contributed by atoms with E-state index in [0.717, 1.165) is 17.5 Å². The Morgan fingerprint density at radius 2 is 2.03 bits per heavy atom. The molecule has 168 valence electrons. The van der Waals surface area contributed by atoms with Gasteiger partial charge < -0.3 is 9.88 Å². The van der Waals surface area contributed by atoms with Crippen molar-refractivity contribution in [2.45, 2.75) is 38.9 Å². The molecule has 0 bridgehead atoms. The summed E-state index contributed by atoms with van der Waals surface area (Å²) < 4.78 is 42.3. The normalized spacial score (nSPS) is 14.6. The number of carbonyl (C=O) groups is 1. The zero-order chi connectivity index (χ0) is 23.0. The van der Waals surface area contributed by atoms with E-state index < -0.39 is 17.6 Å². The number of nitrogens with one attached hydrogen (secondary N) is 1. The van der Waals surface area contributed by atoms with Crippen LogP contribution in [0.2, 0.25) is 0 Å². The number of fused-ring (bicyclic) bond motifs is 1. The molecule has 7 nitrogen and oxygen atoms in total. The number of halogens is 3. The fourth-order valence-corrected chi connectivity index (χ4v) is 3.90. The molecule has 0 unspecified atom stereocenters. The number of aromatic nitrogens is 4. The molecule has 10 heteroatoms. The number of rotatable bonds is 6. The fourth-order valence-electron chi connectivity index (χ4n) is 3.90. The lowest BCUT2D eigenvalue weighted by Crippen LogP contribution is -2.25. The quantitative estimate of drug-likeness (QED) is 0.618. The molecule has 2 aromatic heterocycles. The molecule has 0 aliphatic carbocycles. The van der Waals surface area contributed by atoms with E-state index in [2.05, 4.69) is 20.5 Å². The van der Waals surface area contributed by atoms with Crippen molar-refractivity contribution in [1.29, 1.82) is 0 Å². The van der Waals surface area contributed by atoms with Crippen molar-refractivity contribution < 1.29 is 18.0 Å². The number of aryl methyl sites for hydroxylation is 1. The van der Waals surface area contributed by atoms with Gasteiger partial charge in [0.05, 0.1) is 12.1 Å². The minimum absolute atomic E-state index is 0.0165. The van der Waals surface area contributed by atoms with E-state index >= 15 is 0 Å². The molecule has 1 amide bonds. The summed E-state index contributed by atoms with van der Waals surface area (Å²) in [4.78, 5) is 18.8. The number of amides is 1. The van der Waals surface area contributed by atoms with Gasteiger partial charge in [-0.15, -0.1) is 10.2 Å². The first kappa shape index (κ1) is 21.8. The van der Waals surface area contributed by atoms with Crippen LogP contribution in [0.4, 0.5) is 24.8 Å². The van der Waals surface area contributed by atoms with Gasteiger partial charge in [-0.25, -0.2) is 4.98 Å². The van der Waals surface area contributed by atoms with Gasteiger partial charge in [-0.2, -0.15) is 13.2 Å². The molecule has 32 heavy (non-hydrogen) atoms. The van der Waals surface area contributed by atoms with Gasteiger partial charge in [-0.1, -0.05) is 13.0 Å². The summed E-state index contributed by atoms with van der Waals surface area (Å²) in [5.74, 6) is 1.21. The summed E-state index contributed by atoms with van der Waals surface area (Å²) in [6.07, 6.45) is -2.29. The Labute approximate surface area is 183 Å². The van der Waals surface area contributed by atoms with Crippen LogP contribution in [0.15, 0.2) is 36.7 Å². The number of hydrogen-bond acceptors (Lipinski definition) is 5. The minimum atomic E-state index is -4.53. The molecule has 0 saturated heterocycles. The predicted octanol–water partition coefficient (Wildman–Crippen LogP) is 4.17. The Hall–Kier alpha value is -3.43. The summed E-state index contributed by atoms with van der Waals surface area (Å²) in [5.41, 5.74) is 0.150. The maximum absolute atomic E-state index is 13.5. The number of pyridine rings is 1. The molecule has 1 aromatic carbocycles. The van der Waals surface area contributed by atoms with Gasteiger partial charge in [-0.05, 0) is 48.2 Å². The Kier molecular flexibility index (Phi) is 5.62. The third-order valence-corrected chi connectivity index (χ3v) is 5.60. The van der Waals surface area contributed by atoms with E-state index in [0.29, 0.717) is 24.6 Å². The highest BCUT2D eigenvalue weighted by molar-refractivity contribution is 6.10. The molecule has 4 rings (SSSR count). The molecule has 0 radical (unpaired) electrons. The van der Waals surface area contributed by atoms with Crippen LogP contribution in [-0.2, 0) is 26.2 Å². The predicted molar refractivity (Wildman–Crippen MR) is 113 cm³/mol. The first-order chi connectivity index (χ1) is 15.2. The van der Waals surface area contributed by atoms with E-state index in [1.54, 1.807) is 12.4 Å². The summed E-state index contributed by atoms with van der Waals surface area (Å²) in [6, 6.07) is 7.35. The van der Waals surface area contributed by atoms with E-state index in [4.69, 9.17) is 0 Å². The van der Waals surface area contributed by atoms with Gasteiger partial charge in [0.15, 0.2) is 0 Å². The Morgan fingerprint density at radius 1 is 1.25 bits per heavy atom. The van der Waals surface area contributed by atoms with E-state index in [-0.39, 0.29) is 23.6 Å². The summed E-state index contributed by atoms with van der Waals surface area (Å²) in [5, 5.41) is 11.2. The maximum Gasteiger partial charge on any atom is 0.416 e. The number of carbonyl (C=O) groups excluding carboxylic acids is 1. The fraction of sp³-hybridized carbons (Fsp3) is 0.364. The van der Waals surface area contributed by atoms with Crippen LogP contribution in [0.25, 0.3) is 0 Å². The highest BCUT2D eigenvalue weighted by Crippen LogP contribution is 2.38. The van der Waals surface area contributed by atoms with Crippen molar-refractivity contribution in [3.05, 3.63) is 64.7 Å². The lowest BCUT2D eigenvalue weighted by Gasteiger charge is -2.20. The first-order valence-electron chi connectivity index (χ1n) is 10.3. The molecule has 3 aromatic rings. The second-order valence-electron chi connectivity index (χ2n) is 7.86. The van der Waals surface area contributed by atoms with Crippen molar-refractivity contribution in [3.8, 4) is 0 Å². The molecule has 1 N–H and O–H groups in total. The van der Waals surface area contributed by atoms with Gasteiger partial charge in [0.2, 0.25) is 0 Å². The van der Waals surface area contributed by atoms with Crippen LogP contribution >= 0.6 is 0 Å². The second kappa shape index (κ2) is 8.25. The van der Waals surface area contributed by atoms with Gasteiger partial charge in [0.1, 0.15) is 23.8 Å². The smallest absolute Gasteiger partial charge is 0.370 e. The van der Waals surface area contributed by atoms with Gasteiger partial charge >= 0.3 is 6.18 Å². The average Bonchev–Trinajstić information content (AvgIpc) is 3.30. The molecule has 1 aliphatic rings. The Balaban J connectivity index is 1.70. The Morgan fingerprint density at radius 3 is 2.69 bits per heavy atom. The SMILES string of the molecule is CCNc1cc([C@H](C)Cc2nncn2C)cc(N2Cc3c(cccc3C(F)(F)F)C2=O)n1. The van der Waals surface area contributed by atoms with Crippen molar-refractivity contribution >= 4 is 17.5 Å². The standard InChI is InChI=1S/C22H23F3N6O/c1-4-26-18-9-14(13(2)8-20-29-27-12-30(20)3)10-19(28-18)31-11-16-15(21(31)32)6-5-7-17(16)22(23,24)25/h5-7,9-10,12-13H,4,8,11H2,1-3H3,(H,26,28)/t13-/m1/s1. The van der Waals surface area contributed by atoms with Crippen LogP contribution < -0.4 is 10.2 Å². The minimum Gasteiger partial charge on any atom is -0.370 e. The summed E-state index contributed by atoms with van der Waals surface area (Å²) in [7, 11) is 1.86. The van der Waals surface area contributed by atoms with Crippen LogP contribution in [0.1, 0.15) is 52.6 Å². The third kappa shape index (κ3) is 4.04. The van der Waals surface area contributed by atoms with E-state index in [1.807, 2.05) is 31.5 Å².